The van der Waals surface area contributed by atoms with Gasteiger partial charge in [-0.2, -0.15) is 0 Å². The van der Waals surface area contributed by atoms with E-state index in [0.29, 0.717) is 24.4 Å². The first kappa shape index (κ1) is 12.5. The van der Waals surface area contributed by atoms with Crippen molar-refractivity contribution in [1.29, 1.82) is 0 Å². The fourth-order valence-electron chi connectivity index (χ4n) is 4.94. The fourth-order valence-corrected chi connectivity index (χ4v) is 4.94. The first-order chi connectivity index (χ1) is 8.49. The molecule has 0 amide bonds. The second-order valence-electron chi connectivity index (χ2n) is 6.91. The molecule has 4 fully saturated rings. The fraction of sp³-hybridized carbons (Fsp3) is 0.933. The zero-order valence-electron chi connectivity index (χ0n) is 11.4. The molecule has 0 spiro atoms. The van der Waals surface area contributed by atoms with Crippen molar-refractivity contribution in [1.82, 2.24) is 0 Å². The van der Waals surface area contributed by atoms with Gasteiger partial charge in [0.15, 0.2) is 0 Å². The van der Waals surface area contributed by atoms with Crippen LogP contribution in [0.3, 0.4) is 0 Å². The summed E-state index contributed by atoms with van der Waals surface area (Å²) in [5.74, 6) is 1.44. The van der Waals surface area contributed by atoms with E-state index in [9.17, 15) is 9.90 Å². The average molecular weight is 252 g/mol. The molecule has 4 bridgehead atoms. The van der Waals surface area contributed by atoms with Gasteiger partial charge in [-0.3, -0.25) is 4.79 Å². The summed E-state index contributed by atoms with van der Waals surface area (Å²) in [7, 11) is 0. The normalized spacial score (nSPS) is 49.4. The minimum absolute atomic E-state index is 0.131. The highest BCUT2D eigenvalue weighted by atomic mass is 16.5. The van der Waals surface area contributed by atoms with Gasteiger partial charge >= 0.3 is 5.97 Å². The van der Waals surface area contributed by atoms with E-state index in [2.05, 4.69) is 0 Å². The third kappa shape index (κ3) is 1.49. The molecule has 0 aromatic heterocycles. The Morgan fingerprint density at radius 1 is 1.28 bits per heavy atom. The molecule has 3 atom stereocenters. The van der Waals surface area contributed by atoms with Gasteiger partial charge in [0.2, 0.25) is 0 Å². The topological polar surface area (TPSA) is 46.5 Å². The second-order valence-corrected chi connectivity index (χ2v) is 6.91. The maximum atomic E-state index is 12.5. The van der Waals surface area contributed by atoms with E-state index in [1.54, 1.807) is 0 Å². The molecule has 4 saturated carbocycles. The minimum Gasteiger partial charge on any atom is -0.465 e. The highest BCUT2D eigenvalue weighted by Gasteiger charge is 2.67. The predicted molar refractivity (Wildman–Crippen MR) is 67.9 cm³/mol. The van der Waals surface area contributed by atoms with Crippen molar-refractivity contribution in [2.75, 3.05) is 6.61 Å². The third-order valence-electron chi connectivity index (χ3n) is 5.77. The zero-order chi connectivity index (χ0) is 13.0. The van der Waals surface area contributed by atoms with Crippen molar-refractivity contribution < 1.29 is 14.6 Å². The molecule has 0 radical (unpaired) electrons. The molecule has 0 aliphatic heterocycles. The molecule has 1 N–H and O–H groups in total. The molecule has 4 aliphatic carbocycles. The summed E-state index contributed by atoms with van der Waals surface area (Å²) < 4.78 is 5.41. The van der Waals surface area contributed by atoms with Gasteiger partial charge < -0.3 is 9.84 Å². The lowest BCUT2D eigenvalue weighted by atomic mass is 9.43. The predicted octanol–water partition coefficient (Wildman–Crippen LogP) is 2.52. The Bertz CT molecular complexity index is 347. The third-order valence-corrected chi connectivity index (χ3v) is 5.77. The Labute approximate surface area is 109 Å². The van der Waals surface area contributed by atoms with Gasteiger partial charge in [0, 0.05) is 0 Å². The average Bonchev–Trinajstić information content (AvgIpc) is 2.32. The second kappa shape index (κ2) is 3.96. The molecular formula is C15H24O3. The molecule has 0 heterocycles. The van der Waals surface area contributed by atoms with Gasteiger partial charge in [-0.1, -0.05) is 6.92 Å². The largest absolute Gasteiger partial charge is 0.465 e. The summed E-state index contributed by atoms with van der Waals surface area (Å²) >= 11 is 0. The number of carbonyl (C=O) groups excluding carboxylic acids is 1. The first-order valence-electron chi connectivity index (χ1n) is 7.39. The SMILES string of the molecule is CCCOC(=O)C12CC3CC(CC(C3)C1(C)O)C2. The number of hydrogen-bond donors (Lipinski definition) is 1. The zero-order valence-corrected chi connectivity index (χ0v) is 11.4. The Morgan fingerprint density at radius 3 is 2.44 bits per heavy atom. The van der Waals surface area contributed by atoms with Crippen molar-refractivity contribution in [3.63, 3.8) is 0 Å². The van der Waals surface area contributed by atoms with Crippen molar-refractivity contribution in [2.24, 2.45) is 23.2 Å². The summed E-state index contributed by atoms with van der Waals surface area (Å²) in [5, 5.41) is 10.9. The quantitative estimate of drug-likeness (QED) is 0.785. The molecule has 18 heavy (non-hydrogen) atoms. The van der Waals surface area contributed by atoms with E-state index in [0.717, 1.165) is 32.1 Å². The van der Waals surface area contributed by atoms with E-state index in [1.807, 2.05) is 13.8 Å². The maximum Gasteiger partial charge on any atom is 0.315 e. The molecule has 3 heteroatoms. The van der Waals surface area contributed by atoms with Crippen LogP contribution in [0, 0.1) is 23.2 Å². The van der Waals surface area contributed by atoms with Crippen LogP contribution < -0.4 is 0 Å². The summed E-state index contributed by atoms with van der Waals surface area (Å²) in [6.07, 6.45) is 6.00. The van der Waals surface area contributed by atoms with Crippen LogP contribution in [0.2, 0.25) is 0 Å². The van der Waals surface area contributed by atoms with Crippen LogP contribution >= 0.6 is 0 Å². The number of rotatable bonds is 3. The Kier molecular flexibility index (Phi) is 2.74. The molecular weight excluding hydrogens is 228 g/mol. The van der Waals surface area contributed by atoms with E-state index in [1.165, 1.54) is 6.42 Å². The van der Waals surface area contributed by atoms with Crippen LogP contribution in [0.5, 0.6) is 0 Å². The standard InChI is InChI=1S/C15H24O3/c1-3-4-18-13(16)15-8-10-5-11(9-15)7-12(6-10)14(15,2)17/h10-12,17H,3-9H2,1-2H3. The molecule has 4 aliphatic rings. The molecule has 0 saturated heterocycles. The number of aliphatic hydroxyl groups is 1. The monoisotopic (exact) mass is 252 g/mol. The highest BCUT2D eigenvalue weighted by Crippen LogP contribution is 2.64. The summed E-state index contributed by atoms with van der Waals surface area (Å²) in [6.45, 7) is 4.37. The Morgan fingerprint density at radius 2 is 1.89 bits per heavy atom. The van der Waals surface area contributed by atoms with Crippen LogP contribution in [-0.4, -0.2) is 23.3 Å². The van der Waals surface area contributed by atoms with Crippen LogP contribution in [-0.2, 0) is 9.53 Å². The number of hydrogen-bond acceptors (Lipinski definition) is 3. The van der Waals surface area contributed by atoms with Gasteiger partial charge in [0.25, 0.3) is 0 Å². The van der Waals surface area contributed by atoms with Gasteiger partial charge in [-0.05, 0) is 63.2 Å². The molecule has 102 valence electrons. The lowest BCUT2D eigenvalue weighted by Gasteiger charge is -2.62. The van der Waals surface area contributed by atoms with Gasteiger partial charge in [0.1, 0.15) is 0 Å². The summed E-state index contributed by atoms with van der Waals surface area (Å²) in [5.41, 5.74) is -1.46. The lowest BCUT2D eigenvalue weighted by molar-refractivity contribution is -0.232. The minimum atomic E-state index is -0.856. The van der Waals surface area contributed by atoms with Crippen molar-refractivity contribution in [3.8, 4) is 0 Å². The van der Waals surface area contributed by atoms with Crippen LogP contribution in [0.1, 0.15) is 52.4 Å². The molecule has 0 aromatic rings. The Balaban J connectivity index is 1.90. The van der Waals surface area contributed by atoms with Crippen molar-refractivity contribution >= 4 is 5.97 Å². The summed E-state index contributed by atoms with van der Waals surface area (Å²) in [6, 6.07) is 0. The maximum absolute atomic E-state index is 12.5. The number of carbonyl (C=O) groups is 1. The van der Waals surface area contributed by atoms with Crippen molar-refractivity contribution in [3.05, 3.63) is 0 Å². The molecule has 3 nitrogen and oxygen atoms in total. The first-order valence-corrected chi connectivity index (χ1v) is 7.39. The lowest BCUT2D eigenvalue weighted by Crippen LogP contribution is -2.66. The van der Waals surface area contributed by atoms with Gasteiger partial charge in [-0.25, -0.2) is 0 Å². The van der Waals surface area contributed by atoms with Crippen LogP contribution in [0.25, 0.3) is 0 Å². The molecule has 4 rings (SSSR count). The number of ether oxygens (including phenoxy) is 1. The highest BCUT2D eigenvalue weighted by molar-refractivity contribution is 5.79. The van der Waals surface area contributed by atoms with Gasteiger partial charge in [0.05, 0.1) is 17.6 Å². The smallest absolute Gasteiger partial charge is 0.315 e. The van der Waals surface area contributed by atoms with E-state index < -0.39 is 11.0 Å². The van der Waals surface area contributed by atoms with E-state index >= 15 is 0 Å². The molecule has 3 unspecified atom stereocenters. The Hall–Kier alpha value is -0.570. The van der Waals surface area contributed by atoms with Gasteiger partial charge in [-0.15, -0.1) is 0 Å². The van der Waals surface area contributed by atoms with Crippen LogP contribution in [0.4, 0.5) is 0 Å². The summed E-state index contributed by atoms with van der Waals surface area (Å²) in [4.78, 5) is 12.5. The van der Waals surface area contributed by atoms with E-state index in [4.69, 9.17) is 4.74 Å². The molecule has 0 aromatic carbocycles. The number of esters is 1. The van der Waals surface area contributed by atoms with E-state index in [-0.39, 0.29) is 5.97 Å². The van der Waals surface area contributed by atoms with Crippen molar-refractivity contribution in [2.45, 2.75) is 58.0 Å². The van der Waals surface area contributed by atoms with Crippen LogP contribution in [0.15, 0.2) is 0 Å².